The first-order valence-corrected chi connectivity index (χ1v) is 8.06. The highest BCUT2D eigenvalue weighted by Gasteiger charge is 2.26. The molecule has 1 aromatic rings. The largest absolute Gasteiger partial charge is 0.493 e. The Bertz CT molecular complexity index is 616. The normalized spacial score (nSPS) is 17.0. The average molecular weight is 353 g/mol. The van der Waals surface area contributed by atoms with Gasteiger partial charge in [0.15, 0.2) is 11.5 Å². The van der Waals surface area contributed by atoms with Crippen molar-refractivity contribution in [1.82, 2.24) is 10.6 Å². The first-order chi connectivity index (χ1) is 12.1. The van der Waals surface area contributed by atoms with Crippen LogP contribution >= 0.6 is 0 Å². The summed E-state index contributed by atoms with van der Waals surface area (Å²) < 4.78 is 15.6. The van der Waals surface area contributed by atoms with E-state index >= 15 is 0 Å². The van der Waals surface area contributed by atoms with Crippen molar-refractivity contribution < 1.29 is 23.9 Å². The van der Waals surface area contributed by atoms with E-state index in [1.807, 2.05) is 0 Å². The number of hydrogen-bond acceptors (Lipinski definition) is 7. The fourth-order valence-corrected chi connectivity index (χ4v) is 2.63. The van der Waals surface area contributed by atoms with Crippen molar-refractivity contribution >= 4 is 11.6 Å². The summed E-state index contributed by atoms with van der Waals surface area (Å²) in [4.78, 5) is 23.3. The van der Waals surface area contributed by atoms with Gasteiger partial charge in [0.05, 0.1) is 24.7 Å². The summed E-state index contributed by atoms with van der Waals surface area (Å²) in [7, 11) is 2.94. The molecule has 0 spiro atoms. The van der Waals surface area contributed by atoms with Gasteiger partial charge in [-0.25, -0.2) is 0 Å². The lowest BCUT2D eigenvalue weighted by Crippen LogP contribution is -2.45. The molecule has 1 heterocycles. The second-order valence-corrected chi connectivity index (χ2v) is 5.64. The second kappa shape index (κ2) is 9.19. The molecule has 2 rings (SSSR count). The quantitative estimate of drug-likeness (QED) is 0.409. The molecule has 138 valence electrons. The fraction of sp³-hybridized carbons (Fsp3) is 0.562. The summed E-state index contributed by atoms with van der Waals surface area (Å²) in [5, 5.41) is 17.4. The maximum atomic E-state index is 12.5. The fourth-order valence-electron chi connectivity index (χ4n) is 2.63. The molecule has 2 N–H and O–H groups in total. The van der Waals surface area contributed by atoms with Crippen molar-refractivity contribution in [2.24, 2.45) is 0 Å². The Kier molecular flexibility index (Phi) is 6.96. The van der Waals surface area contributed by atoms with Crippen LogP contribution in [0.15, 0.2) is 12.1 Å². The van der Waals surface area contributed by atoms with Gasteiger partial charge in [0.25, 0.3) is 11.6 Å². The van der Waals surface area contributed by atoms with Gasteiger partial charge in [-0.2, -0.15) is 0 Å². The highest BCUT2D eigenvalue weighted by atomic mass is 16.6. The monoisotopic (exact) mass is 353 g/mol. The molecule has 0 bridgehead atoms. The van der Waals surface area contributed by atoms with Crippen molar-refractivity contribution in [3.63, 3.8) is 0 Å². The molecular formula is C16H23N3O6. The molecule has 1 fully saturated rings. The molecule has 1 amide bonds. The molecule has 1 atom stereocenters. The van der Waals surface area contributed by atoms with Gasteiger partial charge in [0.2, 0.25) is 0 Å². The number of carbonyl (C=O) groups is 1. The lowest BCUT2D eigenvalue weighted by molar-refractivity contribution is -0.385. The number of hydrogen-bond donors (Lipinski definition) is 2. The molecule has 9 nitrogen and oxygen atoms in total. The Labute approximate surface area is 145 Å². The molecule has 0 saturated carbocycles. The average Bonchev–Trinajstić information content (AvgIpc) is 2.62. The number of nitro groups is 1. The minimum Gasteiger partial charge on any atom is -0.493 e. The third-order valence-electron chi connectivity index (χ3n) is 3.90. The van der Waals surface area contributed by atoms with Crippen LogP contribution in [-0.4, -0.2) is 57.4 Å². The van der Waals surface area contributed by atoms with Gasteiger partial charge in [-0.05, 0) is 19.4 Å². The van der Waals surface area contributed by atoms with Crippen LogP contribution in [0.2, 0.25) is 0 Å². The van der Waals surface area contributed by atoms with Gasteiger partial charge >= 0.3 is 0 Å². The van der Waals surface area contributed by atoms with E-state index < -0.39 is 10.8 Å². The molecule has 1 aromatic carbocycles. The minimum atomic E-state index is -0.601. The number of nitro benzene ring substituents is 1. The minimum absolute atomic E-state index is 0.0495. The second-order valence-electron chi connectivity index (χ2n) is 5.64. The smallest absolute Gasteiger partial charge is 0.286 e. The standard InChI is InChI=1S/C16H23N3O6/c1-23-6-7-25-15-9-13(19(21)22)12(8-14(15)24-2)16(20)18-11-4-3-5-17-10-11/h8-9,11,17H,3-7,10H2,1-2H3,(H,18,20). The van der Waals surface area contributed by atoms with E-state index in [0.717, 1.165) is 19.4 Å². The van der Waals surface area contributed by atoms with Crippen LogP contribution in [0.1, 0.15) is 23.2 Å². The number of amides is 1. The Morgan fingerprint density at radius 2 is 2.16 bits per heavy atom. The van der Waals surface area contributed by atoms with Crippen LogP contribution in [0.5, 0.6) is 11.5 Å². The van der Waals surface area contributed by atoms with Crippen LogP contribution in [-0.2, 0) is 4.74 Å². The number of nitrogens with one attached hydrogen (secondary N) is 2. The first-order valence-electron chi connectivity index (χ1n) is 8.06. The Morgan fingerprint density at radius 1 is 1.36 bits per heavy atom. The molecule has 9 heteroatoms. The summed E-state index contributed by atoms with van der Waals surface area (Å²) in [6.07, 6.45) is 1.78. The molecule has 0 radical (unpaired) electrons. The van der Waals surface area contributed by atoms with Crippen LogP contribution in [0.3, 0.4) is 0 Å². The molecule has 1 unspecified atom stereocenters. The summed E-state index contributed by atoms with van der Waals surface area (Å²) in [5.41, 5.74) is -0.374. The zero-order chi connectivity index (χ0) is 18.2. The number of methoxy groups -OCH3 is 2. The molecular weight excluding hydrogens is 330 g/mol. The lowest BCUT2D eigenvalue weighted by Gasteiger charge is -2.23. The van der Waals surface area contributed by atoms with Crippen LogP contribution in [0.25, 0.3) is 0 Å². The SMILES string of the molecule is COCCOc1cc([N+](=O)[O-])c(C(=O)NC2CCCNC2)cc1OC. The maximum absolute atomic E-state index is 12.5. The molecule has 25 heavy (non-hydrogen) atoms. The summed E-state index contributed by atoms with van der Waals surface area (Å²) >= 11 is 0. The third kappa shape index (κ3) is 5.04. The Balaban J connectivity index is 2.25. The molecule has 1 aliphatic heterocycles. The molecule has 1 aliphatic rings. The van der Waals surface area contributed by atoms with Gasteiger partial charge in [-0.15, -0.1) is 0 Å². The highest BCUT2D eigenvalue weighted by molar-refractivity contribution is 5.99. The van der Waals surface area contributed by atoms with Crippen molar-refractivity contribution in [2.45, 2.75) is 18.9 Å². The van der Waals surface area contributed by atoms with Crippen LogP contribution in [0.4, 0.5) is 5.69 Å². The van der Waals surface area contributed by atoms with Gasteiger partial charge in [0.1, 0.15) is 12.2 Å². The van der Waals surface area contributed by atoms with Crippen molar-refractivity contribution in [2.75, 3.05) is 40.5 Å². The third-order valence-corrected chi connectivity index (χ3v) is 3.90. The number of benzene rings is 1. The zero-order valence-corrected chi connectivity index (χ0v) is 14.4. The highest BCUT2D eigenvalue weighted by Crippen LogP contribution is 2.34. The van der Waals surface area contributed by atoms with Crippen LogP contribution < -0.4 is 20.1 Å². The van der Waals surface area contributed by atoms with Gasteiger partial charge in [-0.3, -0.25) is 14.9 Å². The van der Waals surface area contributed by atoms with E-state index in [-0.39, 0.29) is 35.4 Å². The molecule has 0 aromatic heterocycles. The van der Waals surface area contributed by atoms with Crippen LogP contribution in [0, 0.1) is 10.1 Å². The number of piperidine rings is 1. The van der Waals surface area contributed by atoms with E-state index in [9.17, 15) is 14.9 Å². The number of rotatable bonds is 8. The number of carbonyl (C=O) groups excluding carboxylic acids is 1. The van der Waals surface area contributed by atoms with Gasteiger partial charge in [-0.1, -0.05) is 0 Å². The molecule has 1 saturated heterocycles. The van der Waals surface area contributed by atoms with E-state index in [4.69, 9.17) is 14.2 Å². The van der Waals surface area contributed by atoms with E-state index in [1.165, 1.54) is 26.4 Å². The van der Waals surface area contributed by atoms with Crippen molar-refractivity contribution in [3.8, 4) is 11.5 Å². The summed E-state index contributed by atoms with van der Waals surface area (Å²) in [6.45, 7) is 2.10. The Morgan fingerprint density at radius 3 is 2.76 bits per heavy atom. The predicted molar refractivity (Wildman–Crippen MR) is 90.4 cm³/mol. The van der Waals surface area contributed by atoms with E-state index in [1.54, 1.807) is 0 Å². The summed E-state index contributed by atoms with van der Waals surface area (Å²) in [5.74, 6) is -0.0436. The van der Waals surface area contributed by atoms with E-state index in [2.05, 4.69) is 10.6 Å². The van der Waals surface area contributed by atoms with Crippen molar-refractivity contribution in [3.05, 3.63) is 27.8 Å². The van der Waals surface area contributed by atoms with Crippen molar-refractivity contribution in [1.29, 1.82) is 0 Å². The predicted octanol–water partition coefficient (Wildman–Crippen LogP) is 1.11. The lowest BCUT2D eigenvalue weighted by atomic mass is 10.1. The molecule has 0 aliphatic carbocycles. The topological polar surface area (TPSA) is 112 Å². The van der Waals surface area contributed by atoms with Gasteiger partial charge in [0, 0.05) is 25.8 Å². The maximum Gasteiger partial charge on any atom is 0.286 e. The Hall–Kier alpha value is -2.39. The zero-order valence-electron chi connectivity index (χ0n) is 14.4. The first kappa shape index (κ1) is 18.9. The van der Waals surface area contributed by atoms with Gasteiger partial charge < -0.3 is 24.8 Å². The number of nitrogens with zero attached hydrogens (tertiary/aromatic N) is 1. The van der Waals surface area contributed by atoms with E-state index in [0.29, 0.717) is 13.2 Å². The summed E-state index contributed by atoms with van der Waals surface area (Å²) in [6, 6.07) is 2.50. The number of ether oxygens (including phenoxy) is 3.